The summed E-state index contributed by atoms with van der Waals surface area (Å²) < 4.78 is 4.89. The lowest BCUT2D eigenvalue weighted by Crippen LogP contribution is -2.21. The maximum absolute atomic E-state index is 8.89. The van der Waals surface area contributed by atoms with Crippen LogP contribution in [-0.2, 0) is 4.74 Å². The number of aliphatic hydroxyl groups excluding tert-OH is 2. The Morgan fingerprint density at radius 2 is 2.10 bits per heavy atom. The Bertz CT molecular complexity index is 70.0. The number of nitrogens with two attached hydrogens (primary N) is 1. The molecule has 0 heterocycles. The van der Waals surface area contributed by atoms with Crippen LogP contribution in [-0.4, -0.2) is 42.7 Å². The molecule has 0 aliphatic heterocycles. The van der Waals surface area contributed by atoms with Crippen molar-refractivity contribution in [3.8, 4) is 0 Å². The van der Waals surface area contributed by atoms with Gasteiger partial charge in [0.1, 0.15) is 0 Å². The molecule has 1 unspecified atom stereocenters. The van der Waals surface area contributed by atoms with Gasteiger partial charge in [-0.15, -0.1) is 0 Å². The first kappa shape index (κ1) is 9.84. The van der Waals surface area contributed by atoms with E-state index in [1.165, 1.54) is 0 Å². The molecule has 10 heavy (non-hydrogen) atoms. The van der Waals surface area contributed by atoms with Gasteiger partial charge in [-0.2, -0.15) is 0 Å². The van der Waals surface area contributed by atoms with Gasteiger partial charge in [0.05, 0.1) is 19.3 Å². The van der Waals surface area contributed by atoms with Crippen LogP contribution in [0.3, 0.4) is 0 Å². The number of aliphatic hydroxyl groups is 2. The SMILES string of the molecule is NCC(O)CCOCCO. The normalized spacial score (nSPS) is 13.5. The van der Waals surface area contributed by atoms with Crippen molar-refractivity contribution < 1.29 is 14.9 Å². The summed E-state index contributed by atoms with van der Waals surface area (Å²) in [5, 5.41) is 17.2. The Labute approximate surface area is 60.6 Å². The molecular weight excluding hydrogens is 134 g/mol. The molecule has 0 aliphatic rings. The third kappa shape index (κ3) is 5.97. The lowest BCUT2D eigenvalue weighted by molar-refractivity contribution is 0.0628. The van der Waals surface area contributed by atoms with Gasteiger partial charge >= 0.3 is 0 Å². The molecule has 0 rings (SSSR count). The maximum Gasteiger partial charge on any atom is 0.0697 e. The summed E-state index contributed by atoms with van der Waals surface area (Å²) in [6, 6.07) is 0. The fraction of sp³-hybridized carbons (Fsp3) is 1.00. The largest absolute Gasteiger partial charge is 0.394 e. The fourth-order valence-corrected chi connectivity index (χ4v) is 0.504. The van der Waals surface area contributed by atoms with Gasteiger partial charge in [0, 0.05) is 13.2 Å². The maximum atomic E-state index is 8.89. The Morgan fingerprint density at radius 1 is 1.40 bits per heavy atom. The second-order valence-electron chi connectivity index (χ2n) is 2.01. The van der Waals surface area contributed by atoms with E-state index in [2.05, 4.69) is 0 Å². The van der Waals surface area contributed by atoms with Crippen molar-refractivity contribution in [2.75, 3.05) is 26.4 Å². The summed E-state index contributed by atoms with van der Waals surface area (Å²) >= 11 is 0. The zero-order chi connectivity index (χ0) is 7.82. The Hall–Kier alpha value is -0.160. The van der Waals surface area contributed by atoms with Crippen LogP contribution in [0.15, 0.2) is 0 Å². The molecule has 0 bridgehead atoms. The highest BCUT2D eigenvalue weighted by atomic mass is 16.5. The lowest BCUT2D eigenvalue weighted by Gasteiger charge is -2.06. The second kappa shape index (κ2) is 6.95. The van der Waals surface area contributed by atoms with E-state index in [1.54, 1.807) is 0 Å². The van der Waals surface area contributed by atoms with Crippen LogP contribution in [0.5, 0.6) is 0 Å². The minimum absolute atomic E-state index is 0.0265. The van der Waals surface area contributed by atoms with Gasteiger partial charge in [-0.3, -0.25) is 0 Å². The zero-order valence-corrected chi connectivity index (χ0v) is 5.99. The smallest absolute Gasteiger partial charge is 0.0697 e. The van der Waals surface area contributed by atoms with Gasteiger partial charge in [-0.25, -0.2) is 0 Å². The molecule has 4 N–H and O–H groups in total. The summed E-state index contributed by atoms with van der Waals surface area (Å²) in [6.45, 7) is 1.08. The summed E-state index contributed by atoms with van der Waals surface area (Å²) in [4.78, 5) is 0. The minimum atomic E-state index is -0.473. The molecule has 4 nitrogen and oxygen atoms in total. The Kier molecular flexibility index (Phi) is 6.84. The number of hydrogen-bond acceptors (Lipinski definition) is 4. The Morgan fingerprint density at radius 3 is 2.60 bits per heavy atom. The highest BCUT2D eigenvalue weighted by Gasteiger charge is 1.98. The summed E-state index contributed by atoms with van der Waals surface area (Å²) in [7, 11) is 0. The van der Waals surface area contributed by atoms with Crippen molar-refractivity contribution in [3.05, 3.63) is 0 Å². The fourth-order valence-electron chi connectivity index (χ4n) is 0.504. The van der Waals surface area contributed by atoms with Crippen molar-refractivity contribution in [1.82, 2.24) is 0 Å². The van der Waals surface area contributed by atoms with E-state index in [-0.39, 0.29) is 13.2 Å². The lowest BCUT2D eigenvalue weighted by atomic mass is 10.3. The van der Waals surface area contributed by atoms with Gasteiger partial charge in [-0.05, 0) is 6.42 Å². The molecule has 0 radical (unpaired) electrons. The molecule has 0 amide bonds. The molecule has 0 aromatic heterocycles. The van der Waals surface area contributed by atoms with Gasteiger partial charge < -0.3 is 20.7 Å². The van der Waals surface area contributed by atoms with E-state index in [4.69, 9.17) is 20.7 Å². The highest BCUT2D eigenvalue weighted by molar-refractivity contribution is 4.53. The molecular formula is C6H15NO3. The molecule has 0 saturated heterocycles. The van der Waals surface area contributed by atoms with Gasteiger partial charge in [0.25, 0.3) is 0 Å². The van der Waals surface area contributed by atoms with Crippen LogP contribution >= 0.6 is 0 Å². The topological polar surface area (TPSA) is 75.7 Å². The van der Waals surface area contributed by atoms with Crippen molar-refractivity contribution in [2.24, 2.45) is 5.73 Å². The number of hydrogen-bond donors (Lipinski definition) is 3. The second-order valence-corrected chi connectivity index (χ2v) is 2.01. The van der Waals surface area contributed by atoms with E-state index in [0.29, 0.717) is 19.6 Å². The monoisotopic (exact) mass is 149 g/mol. The third-order valence-corrected chi connectivity index (χ3v) is 1.10. The average molecular weight is 149 g/mol. The molecule has 62 valence electrons. The predicted octanol–water partition coefficient (Wildman–Crippen LogP) is -1.29. The van der Waals surface area contributed by atoms with Crippen LogP contribution in [0.2, 0.25) is 0 Å². The van der Waals surface area contributed by atoms with Gasteiger partial charge in [0.2, 0.25) is 0 Å². The van der Waals surface area contributed by atoms with E-state index in [1.807, 2.05) is 0 Å². The predicted molar refractivity (Wildman–Crippen MR) is 37.6 cm³/mol. The van der Waals surface area contributed by atoms with Crippen LogP contribution in [0.25, 0.3) is 0 Å². The first-order chi connectivity index (χ1) is 4.81. The van der Waals surface area contributed by atoms with Crippen LogP contribution < -0.4 is 5.73 Å². The van der Waals surface area contributed by atoms with Crippen molar-refractivity contribution in [1.29, 1.82) is 0 Å². The number of rotatable bonds is 6. The molecule has 0 saturated carbocycles. The molecule has 0 aliphatic carbocycles. The minimum Gasteiger partial charge on any atom is -0.394 e. The first-order valence-corrected chi connectivity index (χ1v) is 3.38. The summed E-state index contributed by atoms with van der Waals surface area (Å²) in [6.07, 6.45) is 0.0648. The molecule has 1 atom stereocenters. The first-order valence-electron chi connectivity index (χ1n) is 3.38. The van der Waals surface area contributed by atoms with Crippen LogP contribution in [0, 0.1) is 0 Å². The quantitative estimate of drug-likeness (QED) is 0.410. The summed E-state index contributed by atoms with van der Waals surface area (Å²) in [5.74, 6) is 0. The van der Waals surface area contributed by atoms with E-state index in [0.717, 1.165) is 0 Å². The van der Waals surface area contributed by atoms with E-state index < -0.39 is 6.10 Å². The van der Waals surface area contributed by atoms with Gasteiger partial charge in [0.15, 0.2) is 0 Å². The highest BCUT2D eigenvalue weighted by Crippen LogP contribution is 1.88. The van der Waals surface area contributed by atoms with E-state index >= 15 is 0 Å². The van der Waals surface area contributed by atoms with Crippen molar-refractivity contribution in [2.45, 2.75) is 12.5 Å². The molecule has 0 aromatic rings. The van der Waals surface area contributed by atoms with Crippen LogP contribution in [0.4, 0.5) is 0 Å². The van der Waals surface area contributed by atoms with Crippen molar-refractivity contribution >= 4 is 0 Å². The van der Waals surface area contributed by atoms with Crippen LogP contribution in [0.1, 0.15) is 6.42 Å². The molecule has 0 aromatic carbocycles. The average Bonchev–Trinajstić information content (AvgIpc) is 1.98. The van der Waals surface area contributed by atoms with Crippen molar-refractivity contribution in [3.63, 3.8) is 0 Å². The standard InChI is InChI=1S/C6H15NO3/c7-5-6(9)1-3-10-4-2-8/h6,8-9H,1-5,7H2. The number of ether oxygens (including phenoxy) is 1. The van der Waals surface area contributed by atoms with E-state index in [9.17, 15) is 0 Å². The molecule has 0 fully saturated rings. The summed E-state index contributed by atoms with van der Waals surface area (Å²) in [5.41, 5.74) is 5.13. The Balaban J connectivity index is 2.89. The van der Waals surface area contributed by atoms with Gasteiger partial charge in [-0.1, -0.05) is 0 Å². The molecule has 0 spiro atoms. The third-order valence-electron chi connectivity index (χ3n) is 1.10. The molecule has 4 heteroatoms. The zero-order valence-electron chi connectivity index (χ0n) is 5.99.